The molecule has 0 aliphatic carbocycles. The van der Waals surface area contributed by atoms with E-state index in [0.717, 1.165) is 28.2 Å². The van der Waals surface area contributed by atoms with E-state index in [4.69, 9.17) is 4.74 Å². The monoisotopic (exact) mass is 323 g/mol. The molecule has 1 aromatic heterocycles. The average molecular weight is 323 g/mol. The van der Waals surface area contributed by atoms with E-state index in [1.54, 1.807) is 18.9 Å². The average Bonchev–Trinajstić information content (AvgIpc) is 2.89. The first-order valence-corrected chi connectivity index (χ1v) is 8.71. The van der Waals surface area contributed by atoms with Gasteiger partial charge in [0.25, 0.3) is 0 Å². The molecule has 0 aliphatic rings. The lowest BCUT2D eigenvalue weighted by Gasteiger charge is -2.20. The Morgan fingerprint density at radius 3 is 2.81 bits per heavy atom. The molecule has 6 heteroatoms. The van der Waals surface area contributed by atoms with Gasteiger partial charge in [-0.2, -0.15) is 4.37 Å². The molecule has 0 bridgehead atoms. The zero-order valence-corrected chi connectivity index (χ0v) is 14.5. The summed E-state index contributed by atoms with van der Waals surface area (Å²) in [4.78, 5) is 4.41. The Bertz CT molecular complexity index is 586. The number of aromatic nitrogens is 2. The summed E-state index contributed by atoms with van der Waals surface area (Å²) in [6.45, 7) is 7.06. The number of thioether (sulfide) groups is 1. The Morgan fingerprint density at radius 1 is 1.38 bits per heavy atom. The van der Waals surface area contributed by atoms with Crippen LogP contribution in [0.25, 0.3) is 0 Å². The highest BCUT2D eigenvalue weighted by Gasteiger charge is 2.17. The van der Waals surface area contributed by atoms with Crippen molar-refractivity contribution >= 4 is 23.3 Å². The van der Waals surface area contributed by atoms with Gasteiger partial charge in [0.1, 0.15) is 11.6 Å². The van der Waals surface area contributed by atoms with Crippen molar-refractivity contribution < 1.29 is 4.74 Å². The molecule has 1 heterocycles. The Hall–Kier alpha value is -1.11. The lowest BCUT2D eigenvalue weighted by molar-refractivity contribution is 0.403. The number of ether oxygens (including phenoxy) is 1. The molecule has 1 atom stereocenters. The van der Waals surface area contributed by atoms with E-state index in [-0.39, 0.29) is 6.04 Å². The Morgan fingerprint density at radius 2 is 2.19 bits per heavy atom. The summed E-state index contributed by atoms with van der Waals surface area (Å²) in [7, 11) is 1.72. The molecule has 0 fully saturated rings. The SMILES string of the molecule is CCNC(CSc1nc(C)ns1)c1cc(C)ccc1OC. The number of methoxy groups -OCH3 is 1. The Balaban J connectivity index is 2.16. The molecular weight excluding hydrogens is 302 g/mol. The standard InChI is InChI=1S/C15H21N3OS2/c1-5-16-13(9-20-15-17-11(3)18-21-15)12-8-10(2)6-7-14(12)19-4/h6-8,13,16H,5,9H2,1-4H3. The van der Waals surface area contributed by atoms with Crippen molar-refractivity contribution in [2.75, 3.05) is 19.4 Å². The van der Waals surface area contributed by atoms with E-state index in [2.05, 4.69) is 40.7 Å². The maximum absolute atomic E-state index is 5.51. The molecule has 0 spiro atoms. The van der Waals surface area contributed by atoms with Crippen molar-refractivity contribution in [1.82, 2.24) is 14.7 Å². The van der Waals surface area contributed by atoms with E-state index in [1.807, 2.05) is 13.0 Å². The van der Waals surface area contributed by atoms with Crippen LogP contribution in [-0.2, 0) is 0 Å². The number of hydrogen-bond acceptors (Lipinski definition) is 6. The quantitative estimate of drug-likeness (QED) is 0.789. The van der Waals surface area contributed by atoms with Crippen molar-refractivity contribution in [3.63, 3.8) is 0 Å². The predicted molar refractivity (Wildman–Crippen MR) is 89.5 cm³/mol. The van der Waals surface area contributed by atoms with Crippen LogP contribution >= 0.6 is 23.3 Å². The molecule has 1 N–H and O–H groups in total. The molecule has 1 unspecified atom stereocenters. The largest absolute Gasteiger partial charge is 0.496 e. The van der Waals surface area contributed by atoms with Gasteiger partial charge >= 0.3 is 0 Å². The van der Waals surface area contributed by atoms with Gasteiger partial charge in [0.2, 0.25) is 0 Å². The van der Waals surface area contributed by atoms with Crippen LogP contribution in [0.2, 0.25) is 0 Å². The number of hydrogen-bond donors (Lipinski definition) is 1. The van der Waals surface area contributed by atoms with Crippen molar-refractivity contribution in [2.24, 2.45) is 0 Å². The predicted octanol–water partition coefficient (Wildman–Crippen LogP) is 3.61. The summed E-state index contributed by atoms with van der Waals surface area (Å²) in [5.41, 5.74) is 2.44. The van der Waals surface area contributed by atoms with Crippen LogP contribution in [0.1, 0.15) is 29.9 Å². The van der Waals surface area contributed by atoms with Gasteiger partial charge in [-0.05, 0) is 38.0 Å². The van der Waals surface area contributed by atoms with Gasteiger partial charge in [-0.3, -0.25) is 0 Å². The zero-order chi connectivity index (χ0) is 15.2. The summed E-state index contributed by atoms with van der Waals surface area (Å²) in [6.07, 6.45) is 0. The molecule has 0 amide bonds. The third-order valence-electron chi connectivity index (χ3n) is 3.09. The second-order valence-corrected chi connectivity index (χ2v) is 6.79. The number of aryl methyl sites for hydroxylation is 2. The third kappa shape index (κ3) is 4.43. The minimum absolute atomic E-state index is 0.235. The summed E-state index contributed by atoms with van der Waals surface area (Å²) >= 11 is 3.20. The Labute approximate surface area is 134 Å². The number of nitrogens with zero attached hydrogens (tertiary/aromatic N) is 2. The van der Waals surface area contributed by atoms with E-state index >= 15 is 0 Å². The first kappa shape index (κ1) is 16.3. The number of rotatable bonds is 7. The van der Waals surface area contributed by atoms with Crippen molar-refractivity contribution in [3.8, 4) is 5.75 Å². The van der Waals surface area contributed by atoms with Crippen LogP contribution in [0.3, 0.4) is 0 Å². The van der Waals surface area contributed by atoms with Crippen LogP contribution in [-0.4, -0.2) is 28.8 Å². The first-order valence-electron chi connectivity index (χ1n) is 6.95. The van der Waals surface area contributed by atoms with Gasteiger partial charge in [-0.25, -0.2) is 4.98 Å². The van der Waals surface area contributed by atoms with Crippen molar-refractivity contribution in [3.05, 3.63) is 35.2 Å². The molecule has 114 valence electrons. The van der Waals surface area contributed by atoms with Gasteiger partial charge in [0.15, 0.2) is 4.34 Å². The third-order valence-corrected chi connectivity index (χ3v) is 5.11. The second-order valence-electron chi connectivity index (χ2n) is 4.77. The van der Waals surface area contributed by atoms with E-state index in [1.165, 1.54) is 22.7 Å². The second kappa shape index (κ2) is 7.77. The fourth-order valence-corrected chi connectivity index (χ4v) is 3.88. The summed E-state index contributed by atoms with van der Waals surface area (Å²) in [5, 5.41) is 3.53. The normalized spacial score (nSPS) is 12.4. The van der Waals surface area contributed by atoms with Crippen molar-refractivity contribution in [2.45, 2.75) is 31.2 Å². The highest BCUT2D eigenvalue weighted by molar-refractivity contribution is 8.00. The molecule has 0 aliphatic heterocycles. The van der Waals surface area contributed by atoms with Gasteiger partial charge in [-0.1, -0.05) is 36.4 Å². The first-order chi connectivity index (χ1) is 10.1. The maximum atomic E-state index is 5.51. The zero-order valence-electron chi connectivity index (χ0n) is 12.8. The van der Waals surface area contributed by atoms with Crippen LogP contribution in [0.5, 0.6) is 5.75 Å². The van der Waals surface area contributed by atoms with E-state index in [0.29, 0.717) is 0 Å². The molecule has 0 radical (unpaired) electrons. The molecule has 21 heavy (non-hydrogen) atoms. The molecule has 2 aromatic rings. The van der Waals surface area contributed by atoms with Gasteiger partial charge in [0, 0.05) is 17.4 Å². The fraction of sp³-hybridized carbons (Fsp3) is 0.467. The summed E-state index contributed by atoms with van der Waals surface area (Å²) in [5.74, 6) is 2.68. The molecule has 4 nitrogen and oxygen atoms in total. The molecule has 0 saturated carbocycles. The Kier molecular flexibility index (Phi) is 6.02. The molecule has 1 aromatic carbocycles. The van der Waals surface area contributed by atoms with E-state index < -0.39 is 0 Å². The van der Waals surface area contributed by atoms with Gasteiger partial charge < -0.3 is 10.1 Å². The molecular formula is C15H21N3OS2. The van der Waals surface area contributed by atoms with Gasteiger partial charge in [0.05, 0.1) is 7.11 Å². The fourth-order valence-electron chi connectivity index (χ4n) is 2.12. The number of benzene rings is 1. The van der Waals surface area contributed by atoms with Crippen LogP contribution < -0.4 is 10.1 Å². The van der Waals surface area contributed by atoms with Crippen LogP contribution in [0.15, 0.2) is 22.5 Å². The summed E-state index contributed by atoms with van der Waals surface area (Å²) < 4.78 is 10.8. The number of nitrogens with one attached hydrogen (secondary N) is 1. The molecule has 2 rings (SSSR count). The lowest BCUT2D eigenvalue weighted by atomic mass is 10.0. The summed E-state index contributed by atoms with van der Waals surface area (Å²) in [6, 6.07) is 6.54. The van der Waals surface area contributed by atoms with Crippen molar-refractivity contribution in [1.29, 1.82) is 0 Å². The minimum atomic E-state index is 0.235. The topological polar surface area (TPSA) is 47.0 Å². The smallest absolute Gasteiger partial charge is 0.170 e. The minimum Gasteiger partial charge on any atom is -0.496 e. The van der Waals surface area contributed by atoms with Crippen LogP contribution in [0, 0.1) is 13.8 Å². The molecule has 0 saturated heterocycles. The lowest BCUT2D eigenvalue weighted by Crippen LogP contribution is -2.23. The highest BCUT2D eigenvalue weighted by atomic mass is 32.2. The van der Waals surface area contributed by atoms with E-state index in [9.17, 15) is 0 Å². The highest BCUT2D eigenvalue weighted by Crippen LogP contribution is 2.31. The van der Waals surface area contributed by atoms with Gasteiger partial charge in [-0.15, -0.1) is 0 Å². The van der Waals surface area contributed by atoms with Crippen LogP contribution in [0.4, 0.5) is 0 Å². The maximum Gasteiger partial charge on any atom is 0.170 e.